The van der Waals surface area contributed by atoms with Crippen LogP contribution in [0, 0.1) is 5.92 Å². The fourth-order valence-electron chi connectivity index (χ4n) is 3.99. The van der Waals surface area contributed by atoms with Gasteiger partial charge in [0.05, 0.1) is 17.9 Å². The van der Waals surface area contributed by atoms with Crippen molar-refractivity contribution in [3.05, 3.63) is 58.4 Å². The van der Waals surface area contributed by atoms with Crippen LogP contribution in [0.1, 0.15) is 48.8 Å². The second kappa shape index (κ2) is 13.6. The van der Waals surface area contributed by atoms with Gasteiger partial charge >= 0.3 is 5.97 Å². The number of carbonyl (C=O) groups is 4. The van der Waals surface area contributed by atoms with E-state index < -0.39 is 29.9 Å². The van der Waals surface area contributed by atoms with Crippen LogP contribution in [0.3, 0.4) is 0 Å². The number of esters is 1. The van der Waals surface area contributed by atoms with Gasteiger partial charge in [-0.25, -0.2) is 0 Å². The van der Waals surface area contributed by atoms with Crippen molar-refractivity contribution in [3.63, 3.8) is 0 Å². The predicted octanol–water partition coefficient (Wildman–Crippen LogP) is 3.17. The summed E-state index contributed by atoms with van der Waals surface area (Å²) in [6.45, 7) is 5.99. The third kappa shape index (κ3) is 8.18. The molecule has 0 spiro atoms. The van der Waals surface area contributed by atoms with E-state index in [0.717, 1.165) is 16.5 Å². The lowest BCUT2D eigenvalue weighted by Gasteiger charge is -2.24. The van der Waals surface area contributed by atoms with Crippen molar-refractivity contribution in [3.8, 4) is 0 Å². The largest absolute Gasteiger partial charge is 0.466 e. The second-order valence-electron chi connectivity index (χ2n) is 9.10. The second-order valence-corrected chi connectivity index (χ2v) is 10.1. The topological polar surface area (TPSA) is 129 Å². The zero-order valence-electron chi connectivity index (χ0n) is 21.3. The molecule has 0 bridgehead atoms. The van der Waals surface area contributed by atoms with Crippen LogP contribution >= 0.6 is 11.3 Å². The molecule has 0 aliphatic heterocycles. The van der Waals surface area contributed by atoms with E-state index in [1.165, 1.54) is 11.3 Å². The molecule has 2 heterocycles. The summed E-state index contributed by atoms with van der Waals surface area (Å²) >= 11 is 1.29. The van der Waals surface area contributed by atoms with Crippen molar-refractivity contribution < 1.29 is 23.9 Å². The zero-order valence-corrected chi connectivity index (χ0v) is 22.2. The third-order valence-electron chi connectivity index (χ3n) is 5.74. The molecule has 0 unspecified atom stereocenters. The van der Waals surface area contributed by atoms with Crippen LogP contribution in [-0.2, 0) is 25.5 Å². The summed E-state index contributed by atoms with van der Waals surface area (Å²) in [5.74, 6) is -1.47. The number of carbonyl (C=O) groups excluding carboxylic acids is 4. The highest BCUT2D eigenvalue weighted by Crippen LogP contribution is 2.19. The van der Waals surface area contributed by atoms with E-state index in [2.05, 4.69) is 20.9 Å². The first-order valence-corrected chi connectivity index (χ1v) is 13.3. The van der Waals surface area contributed by atoms with Gasteiger partial charge in [0, 0.05) is 30.1 Å². The Bertz CT molecular complexity index is 1200. The van der Waals surface area contributed by atoms with Gasteiger partial charge in [-0.3, -0.25) is 19.2 Å². The van der Waals surface area contributed by atoms with Gasteiger partial charge in [0.25, 0.3) is 5.91 Å². The summed E-state index contributed by atoms with van der Waals surface area (Å²) in [7, 11) is 0. The number of aromatic nitrogens is 1. The standard InChI is InChI=1S/C27H34N4O5S/c1-4-36-24(32)11-12-28-25(33)22(15-18-16-29-20-9-6-5-8-19(18)20)30-26(34)21(14-17(2)3)31-27(35)23-10-7-13-37-23/h5-10,13,16-17,21-22,29H,4,11-12,14-15H2,1-3H3,(H,28,33)(H,30,34)(H,31,35)/t21-,22+/m0/s1. The van der Waals surface area contributed by atoms with E-state index in [0.29, 0.717) is 11.3 Å². The number of benzene rings is 1. The molecule has 9 nitrogen and oxygen atoms in total. The molecule has 37 heavy (non-hydrogen) atoms. The molecule has 3 amide bonds. The van der Waals surface area contributed by atoms with E-state index in [1.807, 2.05) is 44.3 Å². The summed E-state index contributed by atoms with van der Waals surface area (Å²) in [5, 5.41) is 11.1. The van der Waals surface area contributed by atoms with Crippen molar-refractivity contribution in [2.24, 2.45) is 5.92 Å². The van der Waals surface area contributed by atoms with E-state index in [1.54, 1.807) is 24.4 Å². The van der Waals surface area contributed by atoms with Crippen molar-refractivity contribution in [1.82, 2.24) is 20.9 Å². The van der Waals surface area contributed by atoms with Crippen molar-refractivity contribution in [1.29, 1.82) is 0 Å². The molecule has 0 saturated heterocycles. The highest BCUT2D eigenvalue weighted by Gasteiger charge is 2.28. The van der Waals surface area contributed by atoms with E-state index in [4.69, 9.17) is 4.74 Å². The summed E-state index contributed by atoms with van der Waals surface area (Å²) < 4.78 is 4.91. The molecule has 0 saturated carbocycles. The fraction of sp³-hybridized carbons (Fsp3) is 0.407. The first-order chi connectivity index (χ1) is 17.8. The van der Waals surface area contributed by atoms with Gasteiger partial charge in [-0.2, -0.15) is 0 Å². The lowest BCUT2D eigenvalue weighted by molar-refractivity contribution is -0.143. The minimum atomic E-state index is -0.915. The molecule has 1 aromatic carbocycles. The number of thiophene rings is 1. The summed E-state index contributed by atoms with van der Waals surface area (Å²) in [6.07, 6.45) is 2.49. The molecule has 0 radical (unpaired) electrons. The van der Waals surface area contributed by atoms with Gasteiger partial charge in [-0.1, -0.05) is 38.1 Å². The first kappa shape index (κ1) is 27.9. The summed E-state index contributed by atoms with van der Waals surface area (Å²) in [6, 6.07) is 9.44. The number of para-hydroxylation sites is 1. The lowest BCUT2D eigenvalue weighted by atomic mass is 10.0. The smallest absolute Gasteiger partial charge is 0.307 e. The number of amides is 3. The van der Waals surface area contributed by atoms with Gasteiger partial charge in [-0.15, -0.1) is 11.3 Å². The fourth-order valence-corrected chi connectivity index (χ4v) is 4.61. The first-order valence-electron chi connectivity index (χ1n) is 12.4. The number of hydrogen-bond acceptors (Lipinski definition) is 6. The van der Waals surface area contributed by atoms with Gasteiger partial charge in [0.2, 0.25) is 11.8 Å². The van der Waals surface area contributed by atoms with E-state index in [-0.39, 0.29) is 37.8 Å². The molecule has 10 heteroatoms. The molecule has 0 aliphatic rings. The molecule has 3 rings (SSSR count). The number of rotatable bonds is 13. The van der Waals surface area contributed by atoms with Gasteiger partial charge < -0.3 is 25.7 Å². The number of ether oxygens (including phenoxy) is 1. The predicted molar refractivity (Wildman–Crippen MR) is 143 cm³/mol. The maximum atomic E-state index is 13.4. The quantitative estimate of drug-likeness (QED) is 0.254. The zero-order chi connectivity index (χ0) is 26.8. The van der Waals surface area contributed by atoms with Crippen molar-refractivity contribution >= 4 is 45.9 Å². The number of hydrogen-bond donors (Lipinski definition) is 4. The van der Waals surface area contributed by atoms with Crippen LogP contribution in [0.4, 0.5) is 0 Å². The van der Waals surface area contributed by atoms with Crippen LogP contribution in [0.15, 0.2) is 48.0 Å². The Balaban J connectivity index is 1.76. The van der Waals surface area contributed by atoms with Gasteiger partial charge in [-0.05, 0) is 42.3 Å². The average Bonchev–Trinajstić information content (AvgIpc) is 3.54. The number of aromatic amines is 1. The highest BCUT2D eigenvalue weighted by atomic mass is 32.1. The van der Waals surface area contributed by atoms with Crippen LogP contribution in [0.5, 0.6) is 0 Å². The Hall–Kier alpha value is -3.66. The minimum absolute atomic E-state index is 0.0280. The van der Waals surface area contributed by atoms with Crippen LogP contribution in [-0.4, -0.2) is 53.9 Å². The number of fused-ring (bicyclic) bond motifs is 1. The van der Waals surface area contributed by atoms with E-state index in [9.17, 15) is 19.2 Å². The Kier molecular flexibility index (Phi) is 10.3. The maximum absolute atomic E-state index is 13.4. The van der Waals surface area contributed by atoms with Crippen molar-refractivity contribution in [2.75, 3.05) is 13.2 Å². The lowest BCUT2D eigenvalue weighted by Crippen LogP contribution is -2.54. The molecule has 2 atom stereocenters. The summed E-state index contributed by atoms with van der Waals surface area (Å²) in [4.78, 5) is 54.6. The Morgan fingerprint density at radius 3 is 2.49 bits per heavy atom. The molecule has 0 fully saturated rings. The Labute approximate surface area is 220 Å². The molecule has 198 valence electrons. The number of nitrogens with one attached hydrogen (secondary N) is 4. The molecule has 2 aromatic heterocycles. The van der Waals surface area contributed by atoms with Crippen LogP contribution in [0.25, 0.3) is 10.9 Å². The SMILES string of the molecule is CCOC(=O)CCNC(=O)[C@@H](Cc1c[nH]c2ccccc12)NC(=O)[C@H](CC(C)C)NC(=O)c1cccs1. The highest BCUT2D eigenvalue weighted by molar-refractivity contribution is 7.12. The Morgan fingerprint density at radius 1 is 1.00 bits per heavy atom. The average molecular weight is 527 g/mol. The minimum Gasteiger partial charge on any atom is -0.466 e. The molecule has 4 N–H and O–H groups in total. The monoisotopic (exact) mass is 526 g/mol. The van der Waals surface area contributed by atoms with Gasteiger partial charge in [0.1, 0.15) is 12.1 Å². The van der Waals surface area contributed by atoms with Crippen molar-refractivity contribution in [2.45, 2.75) is 52.1 Å². The Morgan fingerprint density at radius 2 is 1.78 bits per heavy atom. The molecular weight excluding hydrogens is 492 g/mol. The number of H-pyrrole nitrogens is 1. The third-order valence-corrected chi connectivity index (χ3v) is 6.61. The van der Waals surface area contributed by atoms with Crippen LogP contribution < -0.4 is 16.0 Å². The normalized spacial score (nSPS) is 12.6. The maximum Gasteiger partial charge on any atom is 0.307 e. The van der Waals surface area contributed by atoms with E-state index >= 15 is 0 Å². The summed E-state index contributed by atoms with van der Waals surface area (Å²) in [5.41, 5.74) is 1.79. The molecule has 0 aliphatic carbocycles. The van der Waals surface area contributed by atoms with Gasteiger partial charge in [0.15, 0.2) is 0 Å². The molecular formula is C27H34N4O5S. The van der Waals surface area contributed by atoms with Crippen LogP contribution in [0.2, 0.25) is 0 Å². The molecule has 3 aromatic rings.